The smallest absolute Gasteiger partial charge is 0.407 e. The highest BCUT2D eigenvalue weighted by atomic mass is 16.6. The zero-order chi connectivity index (χ0) is 34.7. The molecule has 6 rings (SSSR count). The topological polar surface area (TPSA) is 129 Å². The Morgan fingerprint density at radius 3 is 1.14 bits per heavy atom. The van der Waals surface area contributed by atoms with Crippen LogP contribution < -0.4 is 10.6 Å². The summed E-state index contributed by atoms with van der Waals surface area (Å²) in [5, 5.41) is 4.88. The molecular weight excluding hydrogens is 636 g/mol. The van der Waals surface area contributed by atoms with E-state index in [-0.39, 0.29) is 51.4 Å². The number of hydrogen-bond acceptors (Lipinski definition) is 8. The van der Waals surface area contributed by atoms with Crippen LogP contribution in [0.1, 0.15) is 46.9 Å². The van der Waals surface area contributed by atoms with E-state index in [9.17, 15) is 19.2 Å². The molecule has 0 heterocycles. The Hall–Kier alpha value is -5.90. The number of carbonyl (C=O) groups is 4. The largest absolute Gasteiger partial charge is 0.464 e. The van der Waals surface area contributed by atoms with Gasteiger partial charge < -0.3 is 29.6 Å². The zero-order valence-electron chi connectivity index (χ0n) is 27.5. The first-order valence-electron chi connectivity index (χ1n) is 16.6. The van der Waals surface area contributed by atoms with Gasteiger partial charge in [0.2, 0.25) is 0 Å². The van der Waals surface area contributed by atoms with Gasteiger partial charge in [0.05, 0.1) is 13.2 Å². The molecule has 0 fully saturated rings. The summed E-state index contributed by atoms with van der Waals surface area (Å²) in [6.45, 7) is -0.0356. The van der Waals surface area contributed by atoms with Crippen LogP contribution in [0.3, 0.4) is 0 Å². The Labute approximate surface area is 290 Å². The predicted octanol–water partition coefficient (Wildman–Crippen LogP) is 6.49. The standard InChI is InChI=1S/C40H38N2O8/c43-37(23-41-39(45)49-25-35-31-17-7-3-13-27(31)28-14-4-8-18-32(28)35)47-21-11-1-2-12-22-48-38(44)24-42-40(46)50-26-36-33-19-9-5-15-29(33)30-16-6-10-20-34(30)36/h1-10,13-20,35-36H,11-12,21-26H2,(H,41,45)(H,42,46)/b2-1+. The number of ether oxygens (including phenoxy) is 4. The highest BCUT2D eigenvalue weighted by Crippen LogP contribution is 2.45. The fourth-order valence-corrected chi connectivity index (χ4v) is 6.41. The first-order chi connectivity index (χ1) is 24.5. The van der Waals surface area contributed by atoms with E-state index in [0.717, 1.165) is 44.5 Å². The molecule has 0 saturated heterocycles. The van der Waals surface area contributed by atoms with E-state index in [0.29, 0.717) is 12.8 Å². The van der Waals surface area contributed by atoms with Gasteiger partial charge in [-0.2, -0.15) is 0 Å². The Morgan fingerprint density at radius 1 is 0.480 bits per heavy atom. The van der Waals surface area contributed by atoms with Crippen LogP contribution in [0.4, 0.5) is 9.59 Å². The van der Waals surface area contributed by atoms with Gasteiger partial charge >= 0.3 is 24.1 Å². The van der Waals surface area contributed by atoms with Crippen molar-refractivity contribution in [3.63, 3.8) is 0 Å². The van der Waals surface area contributed by atoms with Crippen molar-refractivity contribution in [2.75, 3.05) is 39.5 Å². The van der Waals surface area contributed by atoms with E-state index in [4.69, 9.17) is 18.9 Å². The SMILES string of the molecule is O=C(CNC(=O)OCC1c2ccccc2-c2ccccc21)OCC/C=C/CCOC(=O)CNC(=O)OCC1c2ccccc2-c2ccccc21. The quantitative estimate of drug-likeness (QED) is 0.0673. The van der Waals surface area contributed by atoms with Crippen molar-refractivity contribution in [1.82, 2.24) is 10.6 Å². The van der Waals surface area contributed by atoms with Crippen LogP contribution in [-0.4, -0.2) is 63.6 Å². The second-order valence-corrected chi connectivity index (χ2v) is 11.8. The summed E-state index contributed by atoms with van der Waals surface area (Å²) in [5.74, 6) is -1.29. The first kappa shape index (κ1) is 34.0. The molecule has 4 aromatic rings. The Bertz CT molecular complexity index is 1660. The molecule has 256 valence electrons. The van der Waals surface area contributed by atoms with E-state index < -0.39 is 24.1 Å². The molecule has 0 aromatic heterocycles. The maximum absolute atomic E-state index is 12.3. The molecule has 2 amide bonds. The Morgan fingerprint density at radius 2 is 0.800 bits per heavy atom. The maximum atomic E-state index is 12.3. The molecule has 0 radical (unpaired) electrons. The van der Waals surface area contributed by atoms with Crippen LogP contribution >= 0.6 is 0 Å². The third-order valence-corrected chi connectivity index (χ3v) is 8.70. The van der Waals surface area contributed by atoms with Crippen LogP contribution in [0.15, 0.2) is 109 Å². The van der Waals surface area contributed by atoms with E-state index in [1.807, 2.05) is 72.8 Å². The van der Waals surface area contributed by atoms with E-state index in [1.165, 1.54) is 0 Å². The van der Waals surface area contributed by atoms with Gasteiger partial charge in [0.1, 0.15) is 26.3 Å². The minimum atomic E-state index is -0.688. The monoisotopic (exact) mass is 674 g/mol. The number of amides is 2. The summed E-state index contributed by atoms with van der Waals surface area (Å²) >= 11 is 0. The fourth-order valence-electron chi connectivity index (χ4n) is 6.41. The minimum Gasteiger partial charge on any atom is -0.464 e. The summed E-state index contributed by atoms with van der Waals surface area (Å²) in [4.78, 5) is 48.6. The van der Waals surface area contributed by atoms with Crippen LogP contribution in [0, 0.1) is 0 Å². The number of benzene rings is 4. The lowest BCUT2D eigenvalue weighted by Crippen LogP contribution is -2.32. The second-order valence-electron chi connectivity index (χ2n) is 11.8. The number of carbonyl (C=O) groups excluding carboxylic acids is 4. The van der Waals surface area contributed by atoms with Gasteiger partial charge in [-0.05, 0) is 57.3 Å². The van der Waals surface area contributed by atoms with Crippen molar-refractivity contribution in [3.05, 3.63) is 131 Å². The van der Waals surface area contributed by atoms with Crippen molar-refractivity contribution in [2.24, 2.45) is 0 Å². The summed E-state index contributed by atoms with van der Waals surface area (Å²) in [7, 11) is 0. The van der Waals surface area contributed by atoms with Crippen LogP contribution in [0.2, 0.25) is 0 Å². The van der Waals surface area contributed by atoms with Gasteiger partial charge in [-0.3, -0.25) is 9.59 Å². The third-order valence-electron chi connectivity index (χ3n) is 8.70. The molecule has 2 aliphatic carbocycles. The first-order valence-corrected chi connectivity index (χ1v) is 16.6. The van der Waals surface area contributed by atoms with E-state index in [2.05, 4.69) is 34.9 Å². The van der Waals surface area contributed by atoms with Crippen molar-refractivity contribution in [1.29, 1.82) is 0 Å². The average Bonchev–Trinajstić information content (AvgIpc) is 3.64. The highest BCUT2D eigenvalue weighted by molar-refractivity contribution is 5.81. The average molecular weight is 675 g/mol. The van der Waals surface area contributed by atoms with Crippen LogP contribution in [0.5, 0.6) is 0 Å². The molecule has 0 unspecified atom stereocenters. The molecule has 2 N–H and O–H groups in total. The molecule has 0 atom stereocenters. The van der Waals surface area contributed by atoms with Gasteiger partial charge in [-0.15, -0.1) is 0 Å². The molecule has 0 spiro atoms. The minimum absolute atomic E-state index is 0.0682. The van der Waals surface area contributed by atoms with Crippen LogP contribution in [0.25, 0.3) is 22.3 Å². The maximum Gasteiger partial charge on any atom is 0.407 e. The molecule has 50 heavy (non-hydrogen) atoms. The van der Waals surface area contributed by atoms with Crippen LogP contribution in [-0.2, 0) is 28.5 Å². The number of nitrogens with one attached hydrogen (secondary N) is 2. The number of alkyl carbamates (subject to hydrolysis) is 2. The molecule has 2 aliphatic rings. The van der Waals surface area contributed by atoms with Crippen molar-refractivity contribution in [2.45, 2.75) is 24.7 Å². The predicted molar refractivity (Wildman–Crippen MR) is 186 cm³/mol. The van der Waals surface area contributed by atoms with Crippen molar-refractivity contribution < 1.29 is 38.1 Å². The summed E-state index contributed by atoms with van der Waals surface area (Å²) < 4.78 is 21.2. The zero-order valence-corrected chi connectivity index (χ0v) is 27.5. The third kappa shape index (κ3) is 8.20. The number of esters is 2. The lowest BCUT2D eigenvalue weighted by molar-refractivity contribution is -0.143. The second kappa shape index (κ2) is 16.5. The molecule has 10 heteroatoms. The highest BCUT2D eigenvalue weighted by Gasteiger charge is 2.30. The number of rotatable bonds is 14. The molecular formula is C40H38N2O8. The van der Waals surface area contributed by atoms with Gasteiger partial charge in [-0.25, -0.2) is 9.59 Å². The van der Waals surface area contributed by atoms with Gasteiger partial charge in [0.15, 0.2) is 0 Å². The summed E-state index contributed by atoms with van der Waals surface area (Å²) in [6, 6.07) is 32.2. The molecule has 4 aromatic carbocycles. The number of fused-ring (bicyclic) bond motifs is 6. The van der Waals surface area contributed by atoms with E-state index in [1.54, 1.807) is 12.2 Å². The van der Waals surface area contributed by atoms with Crippen molar-refractivity contribution in [3.8, 4) is 22.3 Å². The molecule has 0 aliphatic heterocycles. The van der Waals surface area contributed by atoms with Crippen molar-refractivity contribution >= 4 is 24.1 Å². The van der Waals surface area contributed by atoms with Gasteiger partial charge in [-0.1, -0.05) is 109 Å². The molecule has 0 saturated carbocycles. The fraction of sp³-hybridized carbons (Fsp3) is 0.250. The van der Waals surface area contributed by atoms with Gasteiger partial charge in [0, 0.05) is 11.8 Å². The summed E-state index contributed by atoms with van der Waals surface area (Å²) in [5.41, 5.74) is 8.97. The molecule has 10 nitrogen and oxygen atoms in total. The molecule has 0 bridgehead atoms. The Kier molecular flexibility index (Phi) is 11.2. The van der Waals surface area contributed by atoms with Gasteiger partial charge in [0.25, 0.3) is 0 Å². The lowest BCUT2D eigenvalue weighted by Gasteiger charge is -2.14. The summed E-state index contributed by atoms with van der Waals surface area (Å²) in [6.07, 6.45) is 3.13. The lowest BCUT2D eigenvalue weighted by atomic mass is 9.98. The number of hydrogen-bond donors (Lipinski definition) is 2. The normalized spacial score (nSPS) is 12.7. The Balaban J connectivity index is 0.789. The van der Waals surface area contributed by atoms with E-state index >= 15 is 0 Å².